The maximum atomic E-state index is 8.65. The Kier molecular flexibility index (Phi) is 3.18. The van der Waals surface area contributed by atoms with E-state index in [0.717, 1.165) is 13.7 Å². The molecule has 0 aliphatic rings. The molecule has 1 aromatic rings. The summed E-state index contributed by atoms with van der Waals surface area (Å²) in [6.07, 6.45) is 0.768. The van der Waals surface area contributed by atoms with Crippen molar-refractivity contribution in [1.82, 2.24) is 0 Å². The molecule has 0 aromatic heterocycles. The predicted octanol–water partition coefficient (Wildman–Crippen LogP) is 0.331. The molecule has 11 heavy (non-hydrogen) atoms. The van der Waals surface area contributed by atoms with E-state index in [1.165, 1.54) is 11.0 Å². The van der Waals surface area contributed by atoms with Crippen LogP contribution in [0.1, 0.15) is 5.56 Å². The molecule has 0 fully saturated rings. The van der Waals surface area contributed by atoms with Gasteiger partial charge in [0, 0.05) is 6.61 Å². The van der Waals surface area contributed by atoms with Crippen molar-refractivity contribution in [2.45, 2.75) is 13.2 Å². The highest BCUT2D eigenvalue weighted by Crippen LogP contribution is 1.96. The zero-order valence-corrected chi connectivity index (χ0v) is 6.88. The van der Waals surface area contributed by atoms with Crippen LogP contribution in [-0.2, 0) is 6.42 Å². The summed E-state index contributed by atoms with van der Waals surface area (Å²) in [7, 11) is 1.08. The van der Waals surface area contributed by atoms with Crippen LogP contribution in [0.2, 0.25) is 6.82 Å². The van der Waals surface area contributed by atoms with E-state index in [1.807, 2.05) is 0 Å². The Balaban J connectivity index is 2.66. The fraction of sp³-hybridized carbons (Fsp3) is 0.333. The van der Waals surface area contributed by atoms with Gasteiger partial charge in [0.2, 0.25) is 0 Å². The van der Waals surface area contributed by atoms with Gasteiger partial charge in [0.1, 0.15) is 0 Å². The largest absolute Gasteiger partial charge is 0.396 e. The molecular formula is C9H13BO. The van der Waals surface area contributed by atoms with Gasteiger partial charge in [-0.2, -0.15) is 0 Å². The van der Waals surface area contributed by atoms with Gasteiger partial charge in [-0.15, -0.1) is 0 Å². The van der Waals surface area contributed by atoms with Gasteiger partial charge in [0.05, 0.1) is 0 Å². The van der Waals surface area contributed by atoms with Gasteiger partial charge >= 0.3 is 0 Å². The van der Waals surface area contributed by atoms with E-state index in [1.54, 1.807) is 0 Å². The van der Waals surface area contributed by atoms with Crippen LogP contribution < -0.4 is 5.46 Å². The SMILES string of the molecule is CBc1ccc(CCO)cc1. The number of aliphatic hydroxyl groups excluding tert-OH is 1. The molecule has 0 heterocycles. The Bertz CT molecular complexity index is 205. The molecule has 0 radical (unpaired) electrons. The summed E-state index contributed by atoms with van der Waals surface area (Å²) in [5.41, 5.74) is 2.57. The lowest BCUT2D eigenvalue weighted by atomic mass is 9.73. The van der Waals surface area contributed by atoms with Crippen molar-refractivity contribution in [3.8, 4) is 0 Å². The van der Waals surface area contributed by atoms with Crippen LogP contribution in [0.25, 0.3) is 0 Å². The highest BCUT2D eigenvalue weighted by Gasteiger charge is 1.91. The number of hydrogen-bond acceptors (Lipinski definition) is 1. The lowest BCUT2D eigenvalue weighted by Gasteiger charge is -1.98. The maximum absolute atomic E-state index is 8.65. The van der Waals surface area contributed by atoms with Gasteiger partial charge in [0.25, 0.3) is 0 Å². The standard InChI is InChI=1S/C9H13BO/c1-10-9-4-2-8(3-5-9)6-7-11/h2-5,10-11H,6-7H2,1H3. The van der Waals surface area contributed by atoms with Gasteiger partial charge in [-0.1, -0.05) is 36.6 Å². The first-order valence-electron chi connectivity index (χ1n) is 4.05. The molecule has 0 unspecified atom stereocenters. The van der Waals surface area contributed by atoms with Crippen LogP contribution in [0.3, 0.4) is 0 Å². The second kappa shape index (κ2) is 4.19. The minimum atomic E-state index is 0.242. The second-order valence-corrected chi connectivity index (χ2v) is 2.64. The zero-order valence-electron chi connectivity index (χ0n) is 6.88. The van der Waals surface area contributed by atoms with Crippen molar-refractivity contribution in [2.75, 3.05) is 6.61 Å². The van der Waals surface area contributed by atoms with Crippen LogP contribution in [0.15, 0.2) is 24.3 Å². The molecular weight excluding hydrogens is 135 g/mol. The first-order valence-corrected chi connectivity index (χ1v) is 4.05. The van der Waals surface area contributed by atoms with Crippen molar-refractivity contribution >= 4 is 12.7 Å². The molecule has 1 rings (SSSR count). The highest BCUT2D eigenvalue weighted by molar-refractivity contribution is 6.51. The summed E-state index contributed by atoms with van der Waals surface area (Å²) in [4.78, 5) is 0. The molecule has 2 heteroatoms. The smallest absolute Gasteiger partial charge is 0.154 e. The van der Waals surface area contributed by atoms with Gasteiger partial charge in [-0.05, 0) is 12.0 Å². The Morgan fingerprint density at radius 3 is 2.36 bits per heavy atom. The lowest BCUT2D eigenvalue weighted by Crippen LogP contribution is -2.09. The topological polar surface area (TPSA) is 20.2 Å². The summed E-state index contributed by atoms with van der Waals surface area (Å²) >= 11 is 0. The number of rotatable bonds is 3. The molecule has 0 bridgehead atoms. The molecule has 1 nitrogen and oxygen atoms in total. The van der Waals surface area contributed by atoms with Crippen LogP contribution in [0, 0.1) is 0 Å². The van der Waals surface area contributed by atoms with E-state index >= 15 is 0 Å². The highest BCUT2D eigenvalue weighted by atomic mass is 16.2. The van der Waals surface area contributed by atoms with Gasteiger partial charge in [-0.25, -0.2) is 0 Å². The number of aliphatic hydroxyl groups is 1. The number of benzene rings is 1. The molecule has 0 atom stereocenters. The van der Waals surface area contributed by atoms with E-state index in [0.29, 0.717) is 0 Å². The Labute approximate surface area is 68.3 Å². The molecule has 0 amide bonds. The first-order chi connectivity index (χ1) is 5.36. The summed E-state index contributed by atoms with van der Waals surface area (Å²) in [5, 5.41) is 8.65. The third-order valence-electron chi connectivity index (χ3n) is 1.83. The van der Waals surface area contributed by atoms with Gasteiger partial charge in [0.15, 0.2) is 7.28 Å². The van der Waals surface area contributed by atoms with E-state index < -0.39 is 0 Å². The minimum absolute atomic E-state index is 0.242. The predicted molar refractivity (Wildman–Crippen MR) is 49.9 cm³/mol. The average molecular weight is 148 g/mol. The maximum Gasteiger partial charge on any atom is 0.154 e. The van der Waals surface area contributed by atoms with Crippen molar-refractivity contribution in [2.24, 2.45) is 0 Å². The van der Waals surface area contributed by atoms with Crippen molar-refractivity contribution in [1.29, 1.82) is 0 Å². The van der Waals surface area contributed by atoms with Crippen LogP contribution in [-0.4, -0.2) is 19.0 Å². The van der Waals surface area contributed by atoms with Gasteiger partial charge in [-0.3, -0.25) is 0 Å². The average Bonchev–Trinajstić information content (AvgIpc) is 2.07. The fourth-order valence-corrected chi connectivity index (χ4v) is 1.07. The third-order valence-corrected chi connectivity index (χ3v) is 1.83. The molecule has 58 valence electrons. The summed E-state index contributed by atoms with van der Waals surface area (Å²) in [6.45, 7) is 2.38. The summed E-state index contributed by atoms with van der Waals surface area (Å²) in [6, 6.07) is 8.39. The molecule has 0 spiro atoms. The fourth-order valence-electron chi connectivity index (χ4n) is 1.07. The minimum Gasteiger partial charge on any atom is -0.396 e. The summed E-state index contributed by atoms with van der Waals surface area (Å²) < 4.78 is 0. The van der Waals surface area contributed by atoms with Crippen LogP contribution in [0.5, 0.6) is 0 Å². The van der Waals surface area contributed by atoms with Gasteiger partial charge < -0.3 is 5.11 Å². The second-order valence-electron chi connectivity index (χ2n) is 2.64. The van der Waals surface area contributed by atoms with Crippen molar-refractivity contribution < 1.29 is 5.11 Å². The van der Waals surface area contributed by atoms with E-state index in [2.05, 4.69) is 31.1 Å². The normalized spacial score (nSPS) is 9.64. The molecule has 1 aromatic carbocycles. The van der Waals surface area contributed by atoms with Crippen LogP contribution in [0.4, 0.5) is 0 Å². The third kappa shape index (κ3) is 2.39. The molecule has 0 saturated heterocycles. The molecule has 1 N–H and O–H groups in total. The van der Waals surface area contributed by atoms with E-state index in [-0.39, 0.29) is 6.61 Å². The Morgan fingerprint density at radius 1 is 1.27 bits per heavy atom. The Morgan fingerprint density at radius 2 is 1.91 bits per heavy atom. The first kappa shape index (κ1) is 8.34. The molecule has 0 saturated carbocycles. The molecule has 0 aliphatic carbocycles. The van der Waals surface area contributed by atoms with Crippen molar-refractivity contribution in [3.05, 3.63) is 29.8 Å². The Hall–Kier alpha value is -0.755. The summed E-state index contributed by atoms with van der Waals surface area (Å²) in [5.74, 6) is 0. The quantitative estimate of drug-likeness (QED) is 0.612. The number of hydrogen-bond donors (Lipinski definition) is 1. The molecule has 0 aliphatic heterocycles. The van der Waals surface area contributed by atoms with Crippen LogP contribution >= 0.6 is 0 Å². The van der Waals surface area contributed by atoms with E-state index in [4.69, 9.17) is 5.11 Å². The lowest BCUT2D eigenvalue weighted by molar-refractivity contribution is 0.299. The van der Waals surface area contributed by atoms with E-state index in [9.17, 15) is 0 Å². The zero-order chi connectivity index (χ0) is 8.10. The monoisotopic (exact) mass is 148 g/mol. The van der Waals surface area contributed by atoms with Crippen molar-refractivity contribution in [3.63, 3.8) is 0 Å².